The lowest BCUT2D eigenvalue weighted by atomic mass is 10.0. The van der Waals surface area contributed by atoms with Gasteiger partial charge in [-0.15, -0.1) is 0 Å². The normalized spacial score (nSPS) is 19.7. The van der Waals surface area contributed by atoms with Gasteiger partial charge < -0.3 is 19.6 Å². The molecule has 0 aliphatic carbocycles. The Morgan fingerprint density at radius 1 is 1.11 bits per heavy atom. The van der Waals surface area contributed by atoms with Crippen LogP contribution in [0.4, 0.5) is 0 Å². The topological polar surface area (TPSA) is 88.8 Å². The van der Waals surface area contributed by atoms with Crippen molar-refractivity contribution in [2.24, 2.45) is 0 Å². The molecule has 1 aliphatic heterocycles. The zero-order valence-electron chi connectivity index (χ0n) is 14.6. The van der Waals surface area contributed by atoms with Crippen LogP contribution in [0.25, 0.3) is 22.1 Å². The summed E-state index contributed by atoms with van der Waals surface area (Å²) in [7, 11) is 0. The van der Waals surface area contributed by atoms with Crippen LogP contribution >= 0.6 is 0 Å². The van der Waals surface area contributed by atoms with E-state index in [1.165, 1.54) is 0 Å². The highest BCUT2D eigenvalue weighted by Gasteiger charge is 2.25. The molecule has 0 radical (unpaired) electrons. The number of para-hydroxylation sites is 1. The third-order valence-corrected chi connectivity index (χ3v) is 4.72. The lowest BCUT2D eigenvalue weighted by molar-refractivity contribution is -0.0260. The van der Waals surface area contributed by atoms with Crippen LogP contribution in [0, 0.1) is 0 Å². The SMILES string of the molecule is O=C(N[C@H]1CCOC[C@@H]1O)c1cccc(-c2cc3ccccc3oc2=O)c1. The Morgan fingerprint density at radius 3 is 2.81 bits per heavy atom. The van der Waals surface area contributed by atoms with Crippen LogP contribution in [0.2, 0.25) is 0 Å². The standard InChI is InChI=1S/C21H19NO5/c23-18-12-26-9-8-17(18)22-20(24)15-6-3-5-13(10-15)16-11-14-4-1-2-7-19(14)27-21(16)25/h1-7,10-11,17-18,23H,8-9,12H2,(H,22,24)/t17-,18-/m0/s1. The predicted molar refractivity (Wildman–Crippen MR) is 101 cm³/mol. The minimum atomic E-state index is -0.724. The molecular weight excluding hydrogens is 346 g/mol. The molecule has 1 aliphatic rings. The first kappa shape index (κ1) is 17.5. The molecule has 2 aromatic carbocycles. The number of aliphatic hydroxyl groups excluding tert-OH is 1. The van der Waals surface area contributed by atoms with Crippen molar-refractivity contribution >= 4 is 16.9 Å². The first-order chi connectivity index (χ1) is 13.1. The number of hydrogen-bond acceptors (Lipinski definition) is 5. The second-order valence-corrected chi connectivity index (χ2v) is 6.58. The molecule has 0 bridgehead atoms. The van der Waals surface area contributed by atoms with E-state index in [0.29, 0.717) is 35.3 Å². The zero-order chi connectivity index (χ0) is 18.8. The maximum absolute atomic E-state index is 12.6. The molecule has 1 fully saturated rings. The number of amides is 1. The van der Waals surface area contributed by atoms with Crippen LogP contribution < -0.4 is 10.9 Å². The van der Waals surface area contributed by atoms with Gasteiger partial charge in [0, 0.05) is 17.6 Å². The third-order valence-electron chi connectivity index (χ3n) is 4.72. The summed E-state index contributed by atoms with van der Waals surface area (Å²) in [5, 5.41) is 13.6. The Morgan fingerprint density at radius 2 is 1.96 bits per heavy atom. The Balaban J connectivity index is 1.63. The van der Waals surface area contributed by atoms with Crippen LogP contribution in [0.15, 0.2) is 63.8 Å². The molecule has 27 heavy (non-hydrogen) atoms. The molecule has 0 unspecified atom stereocenters. The predicted octanol–water partition coefficient (Wildman–Crippen LogP) is 2.34. The number of ether oxygens (including phenoxy) is 1. The quantitative estimate of drug-likeness (QED) is 0.696. The second kappa shape index (κ2) is 7.34. The van der Waals surface area contributed by atoms with Crippen molar-refractivity contribution in [3.05, 3.63) is 70.6 Å². The summed E-state index contributed by atoms with van der Waals surface area (Å²) in [6.07, 6.45) is -0.167. The number of fused-ring (bicyclic) bond motifs is 1. The summed E-state index contributed by atoms with van der Waals surface area (Å²) >= 11 is 0. The number of nitrogens with one attached hydrogen (secondary N) is 1. The average molecular weight is 365 g/mol. The molecule has 6 nitrogen and oxygen atoms in total. The van der Waals surface area contributed by atoms with Gasteiger partial charge in [-0.25, -0.2) is 4.79 Å². The van der Waals surface area contributed by atoms with E-state index in [4.69, 9.17) is 9.15 Å². The highest BCUT2D eigenvalue weighted by Crippen LogP contribution is 2.22. The largest absolute Gasteiger partial charge is 0.422 e. The third kappa shape index (κ3) is 3.63. The van der Waals surface area contributed by atoms with E-state index in [9.17, 15) is 14.7 Å². The van der Waals surface area contributed by atoms with E-state index in [1.54, 1.807) is 42.5 Å². The smallest absolute Gasteiger partial charge is 0.344 e. The fourth-order valence-corrected chi connectivity index (χ4v) is 3.23. The van der Waals surface area contributed by atoms with Gasteiger partial charge in [0.15, 0.2) is 0 Å². The van der Waals surface area contributed by atoms with Gasteiger partial charge in [-0.3, -0.25) is 4.79 Å². The van der Waals surface area contributed by atoms with Crippen molar-refractivity contribution in [1.82, 2.24) is 5.32 Å². The summed E-state index contributed by atoms with van der Waals surface area (Å²) in [6.45, 7) is 0.712. The highest BCUT2D eigenvalue weighted by atomic mass is 16.5. The summed E-state index contributed by atoms with van der Waals surface area (Å²) in [5.74, 6) is -0.298. The van der Waals surface area contributed by atoms with Crippen molar-refractivity contribution in [1.29, 1.82) is 0 Å². The summed E-state index contributed by atoms with van der Waals surface area (Å²) in [4.78, 5) is 24.9. The maximum atomic E-state index is 12.6. The number of rotatable bonds is 3. The second-order valence-electron chi connectivity index (χ2n) is 6.58. The number of benzene rings is 2. The molecule has 0 spiro atoms. The summed E-state index contributed by atoms with van der Waals surface area (Å²) in [6, 6.07) is 15.5. The van der Waals surface area contributed by atoms with Crippen LogP contribution in [0.1, 0.15) is 16.8 Å². The zero-order valence-corrected chi connectivity index (χ0v) is 14.6. The van der Waals surface area contributed by atoms with Gasteiger partial charge in [0.05, 0.1) is 24.3 Å². The first-order valence-electron chi connectivity index (χ1n) is 8.82. The average Bonchev–Trinajstić information content (AvgIpc) is 2.69. The van der Waals surface area contributed by atoms with Crippen molar-refractivity contribution in [2.75, 3.05) is 13.2 Å². The van der Waals surface area contributed by atoms with Crippen LogP contribution in [-0.4, -0.2) is 36.4 Å². The minimum Gasteiger partial charge on any atom is -0.422 e. The first-order valence-corrected chi connectivity index (χ1v) is 8.82. The van der Waals surface area contributed by atoms with E-state index >= 15 is 0 Å². The Hall–Kier alpha value is -2.96. The van der Waals surface area contributed by atoms with E-state index in [1.807, 2.05) is 12.1 Å². The molecule has 1 saturated heterocycles. The van der Waals surface area contributed by atoms with E-state index in [0.717, 1.165) is 5.39 Å². The Kier molecular flexibility index (Phi) is 4.75. The number of aliphatic hydroxyl groups is 1. The van der Waals surface area contributed by atoms with Crippen LogP contribution in [0.5, 0.6) is 0 Å². The van der Waals surface area contributed by atoms with E-state index in [-0.39, 0.29) is 18.6 Å². The van der Waals surface area contributed by atoms with Crippen molar-refractivity contribution in [3.8, 4) is 11.1 Å². The van der Waals surface area contributed by atoms with Gasteiger partial charge >= 0.3 is 5.63 Å². The monoisotopic (exact) mass is 365 g/mol. The number of carbonyl (C=O) groups excluding carboxylic acids is 1. The molecular formula is C21H19NO5. The fourth-order valence-electron chi connectivity index (χ4n) is 3.23. The van der Waals surface area contributed by atoms with Gasteiger partial charge in [-0.2, -0.15) is 0 Å². The number of hydrogen-bond donors (Lipinski definition) is 2. The summed E-state index contributed by atoms with van der Waals surface area (Å²) < 4.78 is 10.6. The van der Waals surface area contributed by atoms with Gasteiger partial charge in [0.2, 0.25) is 0 Å². The maximum Gasteiger partial charge on any atom is 0.344 e. The lowest BCUT2D eigenvalue weighted by Gasteiger charge is -2.28. The molecule has 6 heteroatoms. The van der Waals surface area contributed by atoms with E-state index in [2.05, 4.69) is 5.32 Å². The van der Waals surface area contributed by atoms with Gasteiger partial charge in [0.1, 0.15) is 5.58 Å². The fraction of sp³-hybridized carbons (Fsp3) is 0.238. The molecule has 2 heterocycles. The Labute approximate surface area is 155 Å². The minimum absolute atomic E-state index is 0.211. The van der Waals surface area contributed by atoms with Gasteiger partial charge in [0.25, 0.3) is 5.91 Å². The van der Waals surface area contributed by atoms with Crippen molar-refractivity contribution < 1.29 is 19.1 Å². The molecule has 2 atom stereocenters. The van der Waals surface area contributed by atoms with Gasteiger partial charge in [-0.1, -0.05) is 30.3 Å². The van der Waals surface area contributed by atoms with E-state index < -0.39 is 11.7 Å². The number of carbonyl (C=O) groups is 1. The molecule has 1 amide bonds. The molecule has 138 valence electrons. The molecule has 3 aromatic rings. The Bertz CT molecular complexity index is 1040. The van der Waals surface area contributed by atoms with Crippen LogP contribution in [0.3, 0.4) is 0 Å². The summed E-state index contributed by atoms with van der Waals surface area (Å²) in [5.41, 5.74) is 1.49. The lowest BCUT2D eigenvalue weighted by Crippen LogP contribution is -2.48. The molecule has 2 N–H and O–H groups in total. The van der Waals surface area contributed by atoms with Gasteiger partial charge in [-0.05, 0) is 36.2 Å². The van der Waals surface area contributed by atoms with Crippen LogP contribution in [-0.2, 0) is 4.74 Å². The molecule has 0 saturated carbocycles. The van der Waals surface area contributed by atoms with Crippen molar-refractivity contribution in [2.45, 2.75) is 18.6 Å². The highest BCUT2D eigenvalue weighted by molar-refractivity contribution is 5.96. The van der Waals surface area contributed by atoms with Crippen molar-refractivity contribution in [3.63, 3.8) is 0 Å². The molecule has 1 aromatic heterocycles. The molecule has 4 rings (SSSR count).